The number of nitrogens with one attached hydrogen (secondary N) is 1. The number of rotatable bonds is 2. The highest BCUT2D eigenvalue weighted by Gasteiger charge is 2.37. The fraction of sp³-hybridized carbons (Fsp3) is 0.333. The molecule has 10 nitrogen and oxygen atoms in total. The van der Waals surface area contributed by atoms with Gasteiger partial charge in [-0.3, -0.25) is 14.5 Å². The van der Waals surface area contributed by atoms with E-state index in [1.165, 1.54) is 0 Å². The lowest BCUT2D eigenvalue weighted by Crippen LogP contribution is -2.47. The van der Waals surface area contributed by atoms with Crippen LogP contribution in [0.5, 0.6) is 17.2 Å². The molecule has 0 aliphatic carbocycles. The summed E-state index contributed by atoms with van der Waals surface area (Å²) in [5.41, 5.74) is 5.54. The summed E-state index contributed by atoms with van der Waals surface area (Å²) in [4.78, 5) is 39.7. The molecule has 0 unspecified atom stereocenters. The Bertz CT molecular complexity index is 1690. The van der Waals surface area contributed by atoms with E-state index in [9.17, 15) is 9.59 Å². The number of hydrogen-bond donors (Lipinski definition) is 1. The first kappa shape index (κ1) is 28.6. The van der Waals surface area contributed by atoms with Gasteiger partial charge in [-0.1, -0.05) is 18.2 Å². The molecule has 3 aromatic carbocycles. The highest BCUT2D eigenvalue weighted by molar-refractivity contribution is 5.97. The second-order valence-electron chi connectivity index (χ2n) is 11.2. The monoisotopic (exact) mass is 581 g/mol. The maximum absolute atomic E-state index is 13.7. The second-order valence-corrected chi connectivity index (χ2v) is 11.2. The summed E-state index contributed by atoms with van der Waals surface area (Å²) in [5, 5.41) is 3.14. The Morgan fingerprint density at radius 2 is 1.77 bits per heavy atom. The number of fused-ring (bicyclic) bond motifs is 6. The van der Waals surface area contributed by atoms with E-state index in [2.05, 4.69) is 15.3 Å². The average molecular weight is 582 g/mol. The van der Waals surface area contributed by atoms with Crippen LogP contribution < -0.4 is 14.8 Å². The maximum atomic E-state index is 13.7. The molecule has 1 fully saturated rings. The number of likely N-dealkylation sites (tertiary alicyclic amines) is 1. The third-order valence-electron chi connectivity index (χ3n) is 7.91. The number of methoxy groups -OCH3 is 1. The molecule has 0 spiro atoms. The van der Waals surface area contributed by atoms with Crippen molar-refractivity contribution in [2.45, 2.75) is 39.1 Å². The van der Waals surface area contributed by atoms with Gasteiger partial charge in [0.1, 0.15) is 5.75 Å². The largest absolute Gasteiger partial charge is 0.493 e. The van der Waals surface area contributed by atoms with Crippen LogP contribution in [-0.4, -0.2) is 77.5 Å². The van der Waals surface area contributed by atoms with Crippen LogP contribution in [0, 0.1) is 13.8 Å². The first-order valence-corrected chi connectivity index (χ1v) is 14.3. The zero-order valence-corrected chi connectivity index (χ0v) is 24.8. The number of amides is 2. The molecule has 0 saturated carbocycles. The number of benzene rings is 3. The Labute approximate surface area is 250 Å². The number of nitrogens with zero attached hydrogens (tertiary/aromatic N) is 4. The normalized spacial score (nSPS) is 19.4. The van der Waals surface area contributed by atoms with Gasteiger partial charge < -0.3 is 24.4 Å². The minimum atomic E-state index is -0.395. The van der Waals surface area contributed by atoms with E-state index < -0.39 is 6.10 Å². The fourth-order valence-corrected chi connectivity index (χ4v) is 5.59. The van der Waals surface area contributed by atoms with Gasteiger partial charge in [0.05, 0.1) is 54.8 Å². The summed E-state index contributed by atoms with van der Waals surface area (Å²) in [6, 6.07) is 18.5. The second kappa shape index (κ2) is 12.0. The molecule has 2 aliphatic heterocycles. The van der Waals surface area contributed by atoms with Gasteiger partial charge in [-0.15, -0.1) is 0 Å². The molecular weight excluding hydrogens is 546 g/mol. The predicted octanol–water partition coefficient (Wildman–Crippen LogP) is 4.02. The number of carbonyl (C=O) groups excluding carboxylic acids is 2. The lowest BCUT2D eigenvalue weighted by atomic mass is 10.1. The first-order chi connectivity index (χ1) is 20.7. The van der Waals surface area contributed by atoms with Gasteiger partial charge in [0.15, 0.2) is 11.5 Å². The number of carbonyl (C=O) groups is 2. The third kappa shape index (κ3) is 6.30. The summed E-state index contributed by atoms with van der Waals surface area (Å²) in [5.74, 6) is 1.60. The molecule has 2 atom stereocenters. The summed E-state index contributed by atoms with van der Waals surface area (Å²) in [6.45, 7) is 5.51. The molecule has 0 radical (unpaired) electrons. The summed E-state index contributed by atoms with van der Waals surface area (Å²) < 4.78 is 18.1. The van der Waals surface area contributed by atoms with Crippen molar-refractivity contribution < 1.29 is 23.8 Å². The molecule has 2 aliphatic rings. The van der Waals surface area contributed by atoms with Crippen molar-refractivity contribution in [3.05, 3.63) is 88.7 Å². The van der Waals surface area contributed by atoms with E-state index in [0.29, 0.717) is 48.0 Å². The van der Waals surface area contributed by atoms with E-state index in [-0.39, 0.29) is 31.0 Å². The van der Waals surface area contributed by atoms with Crippen molar-refractivity contribution in [2.24, 2.45) is 0 Å². The van der Waals surface area contributed by atoms with Gasteiger partial charge in [-0.05, 0) is 74.5 Å². The molecule has 222 valence electrons. The Kier molecular flexibility index (Phi) is 7.96. The zero-order valence-electron chi connectivity index (χ0n) is 24.8. The molecule has 4 bridgehead atoms. The van der Waals surface area contributed by atoms with Crippen molar-refractivity contribution in [3.63, 3.8) is 0 Å². The minimum Gasteiger partial charge on any atom is -0.493 e. The van der Waals surface area contributed by atoms with Crippen LogP contribution in [0.25, 0.3) is 11.0 Å². The zero-order chi connectivity index (χ0) is 30.1. The maximum Gasteiger partial charge on any atom is 0.254 e. The summed E-state index contributed by atoms with van der Waals surface area (Å²) >= 11 is 0. The number of ether oxygens (including phenoxy) is 3. The molecule has 2 amide bonds. The number of aryl methyl sites for hydroxylation is 2. The van der Waals surface area contributed by atoms with Crippen LogP contribution in [-0.2, 0) is 22.7 Å². The SMILES string of the molecule is COc1ccc2cc1Oc1cccc(c1)CO[C@H]1CN(C(=O)c3ccc4nc(C)c(C)nc4c3)C[C@@H]1NC(=O)CN(C)C2. The Morgan fingerprint density at radius 1 is 0.953 bits per heavy atom. The molecule has 3 heterocycles. The quantitative estimate of drug-likeness (QED) is 0.379. The van der Waals surface area contributed by atoms with Crippen molar-refractivity contribution in [3.8, 4) is 17.2 Å². The van der Waals surface area contributed by atoms with Gasteiger partial charge >= 0.3 is 0 Å². The number of aromatic nitrogens is 2. The van der Waals surface area contributed by atoms with Crippen molar-refractivity contribution in [1.29, 1.82) is 0 Å². The van der Waals surface area contributed by atoms with E-state index in [1.54, 1.807) is 24.1 Å². The Morgan fingerprint density at radius 3 is 2.58 bits per heavy atom. The fourth-order valence-electron chi connectivity index (χ4n) is 5.59. The van der Waals surface area contributed by atoms with Crippen LogP contribution in [0.2, 0.25) is 0 Å². The van der Waals surface area contributed by atoms with Crippen molar-refractivity contribution in [1.82, 2.24) is 25.1 Å². The Balaban J connectivity index is 1.25. The lowest BCUT2D eigenvalue weighted by Gasteiger charge is -2.23. The minimum absolute atomic E-state index is 0.138. The topological polar surface area (TPSA) is 106 Å². The van der Waals surface area contributed by atoms with Gasteiger partial charge in [0.2, 0.25) is 5.91 Å². The molecule has 1 aromatic heterocycles. The lowest BCUT2D eigenvalue weighted by molar-refractivity contribution is -0.123. The molecule has 6 rings (SSSR count). The van der Waals surface area contributed by atoms with Crippen LogP contribution in [0.4, 0.5) is 0 Å². The van der Waals surface area contributed by atoms with Crippen molar-refractivity contribution in [2.75, 3.05) is 33.8 Å². The van der Waals surface area contributed by atoms with Gasteiger partial charge in [0, 0.05) is 25.2 Å². The molecular formula is C33H35N5O5. The van der Waals surface area contributed by atoms with Crippen LogP contribution in [0.1, 0.15) is 32.9 Å². The summed E-state index contributed by atoms with van der Waals surface area (Å²) in [7, 11) is 3.50. The molecule has 43 heavy (non-hydrogen) atoms. The molecule has 4 aromatic rings. The van der Waals surface area contributed by atoms with Gasteiger partial charge in [-0.25, -0.2) is 9.97 Å². The number of likely N-dealkylation sites (N-methyl/N-ethyl adjacent to an activating group) is 1. The number of hydrogen-bond acceptors (Lipinski definition) is 8. The van der Waals surface area contributed by atoms with Gasteiger partial charge in [0.25, 0.3) is 5.91 Å². The highest BCUT2D eigenvalue weighted by atomic mass is 16.5. The molecule has 1 saturated heterocycles. The predicted molar refractivity (Wildman–Crippen MR) is 161 cm³/mol. The van der Waals surface area contributed by atoms with Crippen molar-refractivity contribution >= 4 is 22.8 Å². The molecule has 10 heteroatoms. The van der Waals surface area contributed by atoms with E-state index in [1.807, 2.05) is 74.3 Å². The van der Waals surface area contributed by atoms with Crippen LogP contribution >= 0.6 is 0 Å². The van der Waals surface area contributed by atoms with E-state index in [4.69, 9.17) is 14.2 Å². The standard InChI is InChI=1S/C33H35N5O5/c1-20-21(2)35-27-14-24(9-10-26(27)34-20)33(40)38-16-28-31(17-38)42-19-23-6-5-7-25(12-23)43-30-13-22(8-11-29(30)41-4)15-37(3)18-32(39)36-28/h5-14,28,31H,15-19H2,1-4H3,(H,36,39)/t28-,31-/m0/s1. The smallest absolute Gasteiger partial charge is 0.254 e. The van der Waals surface area contributed by atoms with Crippen LogP contribution in [0.15, 0.2) is 60.7 Å². The van der Waals surface area contributed by atoms with Crippen LogP contribution in [0.3, 0.4) is 0 Å². The highest BCUT2D eigenvalue weighted by Crippen LogP contribution is 2.33. The average Bonchev–Trinajstić information content (AvgIpc) is 3.38. The van der Waals surface area contributed by atoms with E-state index >= 15 is 0 Å². The third-order valence-corrected chi connectivity index (χ3v) is 7.91. The summed E-state index contributed by atoms with van der Waals surface area (Å²) in [6.07, 6.45) is -0.395. The van der Waals surface area contributed by atoms with E-state index in [0.717, 1.165) is 28.0 Å². The first-order valence-electron chi connectivity index (χ1n) is 14.3. The Hall–Kier alpha value is -4.54. The molecule has 1 N–H and O–H groups in total. The van der Waals surface area contributed by atoms with Gasteiger partial charge in [-0.2, -0.15) is 0 Å².